The zero-order valence-corrected chi connectivity index (χ0v) is 9.78. The van der Waals surface area contributed by atoms with E-state index >= 15 is 0 Å². The van der Waals surface area contributed by atoms with Crippen molar-refractivity contribution in [3.05, 3.63) is 54.1 Å². The topological polar surface area (TPSA) is 29.9 Å². The van der Waals surface area contributed by atoms with Crippen LogP contribution in [0.15, 0.2) is 43.2 Å². The van der Waals surface area contributed by atoms with Gasteiger partial charge in [-0.15, -0.1) is 6.58 Å². The molecule has 1 N–H and O–H groups in total. The van der Waals surface area contributed by atoms with Gasteiger partial charge >= 0.3 is 0 Å². The molecule has 0 fully saturated rings. The van der Waals surface area contributed by atoms with Crippen molar-refractivity contribution in [2.24, 2.45) is 0 Å². The van der Waals surface area contributed by atoms with E-state index in [4.69, 9.17) is 11.6 Å². The minimum Gasteiger partial charge on any atom is -0.352 e. The largest absolute Gasteiger partial charge is 0.352 e. The van der Waals surface area contributed by atoms with Gasteiger partial charge in [-0.3, -0.25) is 4.57 Å². The number of nitrogens with one attached hydrogen (secondary N) is 1. The second-order valence-electron chi connectivity index (χ2n) is 3.36. The van der Waals surface area contributed by atoms with Crippen molar-refractivity contribution in [1.29, 1.82) is 0 Å². The molecule has 0 atom stereocenters. The van der Waals surface area contributed by atoms with Gasteiger partial charge < -0.3 is 5.32 Å². The normalized spacial score (nSPS) is 10.2. The third kappa shape index (κ3) is 2.31. The lowest BCUT2D eigenvalue weighted by Gasteiger charge is -2.10. The molecule has 0 spiro atoms. The molecular weight excluding hydrogens is 241 g/mol. The fourth-order valence-electron chi connectivity index (χ4n) is 1.47. The first-order valence-electron chi connectivity index (χ1n) is 5.06. The number of nitrogens with zero attached hydrogens (tertiary/aromatic N) is 2. The van der Waals surface area contributed by atoms with Gasteiger partial charge in [0, 0.05) is 18.9 Å². The summed E-state index contributed by atoms with van der Waals surface area (Å²) < 4.78 is 15.4. The summed E-state index contributed by atoms with van der Waals surface area (Å²) in [6.45, 7) is 4.15. The molecule has 5 heteroatoms. The van der Waals surface area contributed by atoms with Gasteiger partial charge in [0.2, 0.25) is 5.95 Å². The van der Waals surface area contributed by atoms with E-state index in [2.05, 4.69) is 16.9 Å². The summed E-state index contributed by atoms with van der Waals surface area (Å²) in [6.07, 6.45) is 4.96. The lowest BCUT2D eigenvalue weighted by atomic mass is 10.3. The number of aromatic nitrogens is 2. The van der Waals surface area contributed by atoms with E-state index in [1.807, 2.05) is 0 Å². The number of imidazole rings is 1. The molecule has 0 aliphatic carbocycles. The molecule has 1 aromatic carbocycles. The highest BCUT2D eigenvalue weighted by atomic mass is 35.5. The van der Waals surface area contributed by atoms with Crippen LogP contribution >= 0.6 is 11.6 Å². The Morgan fingerprint density at radius 3 is 3.12 bits per heavy atom. The monoisotopic (exact) mass is 251 g/mol. The predicted molar refractivity (Wildman–Crippen MR) is 67.2 cm³/mol. The lowest BCUT2D eigenvalue weighted by Crippen LogP contribution is -2.06. The summed E-state index contributed by atoms with van der Waals surface area (Å²) in [6, 6.07) is 4.84. The SMILES string of the molecule is C=CCNc1nccn1-c1cccc(Cl)c1F. The standard InChI is InChI=1S/C12H11ClFN3/c1-2-6-15-12-16-7-8-17(12)10-5-3-4-9(13)11(10)14/h2-5,7-8H,1,6H2,(H,15,16). The average molecular weight is 252 g/mol. The zero-order valence-electron chi connectivity index (χ0n) is 9.03. The molecular formula is C12H11ClFN3. The highest BCUT2D eigenvalue weighted by Crippen LogP contribution is 2.23. The van der Waals surface area contributed by atoms with Gasteiger partial charge in [-0.05, 0) is 12.1 Å². The number of rotatable bonds is 4. The van der Waals surface area contributed by atoms with Gasteiger partial charge in [-0.1, -0.05) is 23.7 Å². The second-order valence-corrected chi connectivity index (χ2v) is 3.77. The number of hydrogen-bond acceptors (Lipinski definition) is 2. The van der Waals surface area contributed by atoms with Crippen molar-refractivity contribution in [3.63, 3.8) is 0 Å². The molecule has 0 radical (unpaired) electrons. The third-order valence-corrected chi connectivity index (χ3v) is 2.53. The highest BCUT2D eigenvalue weighted by molar-refractivity contribution is 6.30. The minimum atomic E-state index is -0.464. The Morgan fingerprint density at radius 2 is 2.35 bits per heavy atom. The molecule has 0 aliphatic rings. The molecule has 0 bridgehead atoms. The predicted octanol–water partition coefficient (Wildman–Crippen LogP) is 3.26. The molecule has 17 heavy (non-hydrogen) atoms. The Labute approximate surface area is 104 Å². The van der Waals surface area contributed by atoms with Gasteiger partial charge in [-0.2, -0.15) is 0 Å². The lowest BCUT2D eigenvalue weighted by molar-refractivity contribution is 0.619. The Bertz CT molecular complexity index is 536. The van der Waals surface area contributed by atoms with Crippen molar-refractivity contribution < 1.29 is 4.39 Å². The molecule has 1 heterocycles. The minimum absolute atomic E-state index is 0.0888. The van der Waals surface area contributed by atoms with Crippen LogP contribution in [0, 0.1) is 5.82 Å². The maximum atomic E-state index is 13.8. The Morgan fingerprint density at radius 1 is 1.53 bits per heavy atom. The van der Waals surface area contributed by atoms with E-state index in [1.54, 1.807) is 35.2 Å². The van der Waals surface area contributed by atoms with Crippen LogP contribution in [0.25, 0.3) is 5.69 Å². The summed E-state index contributed by atoms with van der Waals surface area (Å²) in [4.78, 5) is 4.10. The molecule has 0 saturated carbocycles. The highest BCUT2D eigenvalue weighted by Gasteiger charge is 2.11. The molecule has 3 nitrogen and oxygen atoms in total. The average Bonchev–Trinajstić information content (AvgIpc) is 2.78. The van der Waals surface area contributed by atoms with E-state index in [-0.39, 0.29) is 5.02 Å². The van der Waals surface area contributed by atoms with Crippen molar-refractivity contribution >= 4 is 17.5 Å². The van der Waals surface area contributed by atoms with Gasteiger partial charge in [0.15, 0.2) is 5.82 Å². The van der Waals surface area contributed by atoms with E-state index in [9.17, 15) is 4.39 Å². The molecule has 88 valence electrons. The van der Waals surface area contributed by atoms with Crippen LogP contribution in [0.4, 0.5) is 10.3 Å². The van der Waals surface area contributed by atoms with Crippen LogP contribution in [0.2, 0.25) is 5.02 Å². The van der Waals surface area contributed by atoms with Crippen molar-refractivity contribution in [3.8, 4) is 5.69 Å². The molecule has 1 aromatic heterocycles. The number of anilines is 1. The number of benzene rings is 1. The number of hydrogen-bond donors (Lipinski definition) is 1. The quantitative estimate of drug-likeness (QED) is 0.846. The fraction of sp³-hybridized carbons (Fsp3) is 0.0833. The Balaban J connectivity index is 2.42. The summed E-state index contributed by atoms with van der Waals surface area (Å²) in [5.41, 5.74) is 0.363. The fourth-order valence-corrected chi connectivity index (χ4v) is 1.64. The van der Waals surface area contributed by atoms with Gasteiger partial charge in [0.05, 0.1) is 10.7 Å². The maximum absolute atomic E-state index is 13.8. The first-order chi connectivity index (χ1) is 8.24. The molecule has 0 saturated heterocycles. The summed E-state index contributed by atoms with van der Waals surface area (Å²) >= 11 is 5.74. The van der Waals surface area contributed by atoms with E-state index in [0.717, 1.165) is 0 Å². The van der Waals surface area contributed by atoms with Crippen LogP contribution in [0.5, 0.6) is 0 Å². The van der Waals surface area contributed by atoms with Gasteiger partial charge in [0.25, 0.3) is 0 Å². The van der Waals surface area contributed by atoms with E-state index < -0.39 is 5.82 Å². The first-order valence-corrected chi connectivity index (χ1v) is 5.44. The smallest absolute Gasteiger partial charge is 0.207 e. The van der Waals surface area contributed by atoms with Crippen molar-refractivity contribution in [2.75, 3.05) is 11.9 Å². The molecule has 0 amide bonds. The number of halogens is 2. The Hall–Kier alpha value is -1.81. The molecule has 0 unspecified atom stereocenters. The summed E-state index contributed by atoms with van der Waals surface area (Å²) in [5.74, 6) is 0.0832. The van der Waals surface area contributed by atoms with Gasteiger partial charge in [0.1, 0.15) is 0 Å². The molecule has 2 aromatic rings. The van der Waals surface area contributed by atoms with Crippen LogP contribution < -0.4 is 5.32 Å². The third-order valence-electron chi connectivity index (χ3n) is 2.24. The van der Waals surface area contributed by atoms with Crippen LogP contribution in [-0.4, -0.2) is 16.1 Å². The zero-order chi connectivity index (χ0) is 12.3. The van der Waals surface area contributed by atoms with E-state index in [0.29, 0.717) is 18.2 Å². The van der Waals surface area contributed by atoms with Gasteiger partial charge in [-0.25, -0.2) is 9.37 Å². The van der Waals surface area contributed by atoms with Crippen LogP contribution in [0.1, 0.15) is 0 Å². The Kier molecular flexibility index (Phi) is 3.44. The molecule has 2 rings (SSSR count). The van der Waals surface area contributed by atoms with E-state index in [1.165, 1.54) is 6.07 Å². The summed E-state index contributed by atoms with van der Waals surface area (Å²) in [7, 11) is 0. The molecule has 0 aliphatic heterocycles. The van der Waals surface area contributed by atoms with Crippen LogP contribution in [0.3, 0.4) is 0 Å². The van der Waals surface area contributed by atoms with Crippen LogP contribution in [-0.2, 0) is 0 Å². The second kappa shape index (κ2) is 5.01. The van der Waals surface area contributed by atoms with Crippen molar-refractivity contribution in [1.82, 2.24) is 9.55 Å². The summed E-state index contributed by atoms with van der Waals surface area (Å²) in [5, 5.41) is 3.10. The maximum Gasteiger partial charge on any atom is 0.207 e. The first kappa shape index (κ1) is 11.7. The van der Waals surface area contributed by atoms with Crippen molar-refractivity contribution in [2.45, 2.75) is 0 Å².